The van der Waals surface area contributed by atoms with E-state index in [9.17, 15) is 9.59 Å². The van der Waals surface area contributed by atoms with E-state index in [1.54, 1.807) is 41.3 Å². The summed E-state index contributed by atoms with van der Waals surface area (Å²) in [6.45, 7) is 2.70. The maximum atomic E-state index is 13.4. The van der Waals surface area contributed by atoms with Crippen molar-refractivity contribution in [1.82, 2.24) is 4.90 Å². The smallest absolute Gasteiger partial charge is 0.343 e. The van der Waals surface area contributed by atoms with Gasteiger partial charge in [-0.1, -0.05) is 61.6 Å². The molecule has 222 valence electrons. The molecule has 0 aromatic heterocycles. The predicted octanol–water partition coefficient (Wildman–Crippen LogP) is 7.09. The lowest BCUT2D eigenvalue weighted by Crippen LogP contribution is -2.34. The van der Waals surface area contributed by atoms with Crippen LogP contribution in [0, 0.1) is 23.2 Å². The fraction of sp³-hybridized carbons (Fsp3) is 0.216. The summed E-state index contributed by atoms with van der Waals surface area (Å²) in [5, 5.41) is 12.0. The van der Waals surface area contributed by atoms with Gasteiger partial charge in [0.15, 0.2) is 6.61 Å². The first kappa shape index (κ1) is 31.4. The number of rotatable bonds is 11. The Hall–Kier alpha value is -5.53. The van der Waals surface area contributed by atoms with Gasteiger partial charge in [0.05, 0.1) is 18.7 Å². The van der Waals surface area contributed by atoms with Gasteiger partial charge in [-0.15, -0.1) is 0 Å². The molecule has 4 aromatic carbocycles. The van der Waals surface area contributed by atoms with E-state index in [1.807, 2.05) is 36.4 Å². The summed E-state index contributed by atoms with van der Waals surface area (Å²) in [6, 6.07) is 32.0. The molecule has 2 amide bonds. The van der Waals surface area contributed by atoms with Crippen LogP contribution in [0.4, 0.5) is 10.5 Å². The molecule has 0 aliphatic rings. The number of nitriles is 1. The van der Waals surface area contributed by atoms with Crippen LogP contribution < -0.4 is 10.1 Å². The molecule has 0 atom stereocenters. The van der Waals surface area contributed by atoms with Gasteiger partial charge in [-0.25, -0.2) is 9.59 Å². The first-order chi connectivity index (χ1) is 21.4. The molecule has 4 rings (SSSR count). The second-order valence-corrected chi connectivity index (χ2v) is 10.2. The highest BCUT2D eigenvalue weighted by Gasteiger charge is 2.16. The van der Waals surface area contributed by atoms with Crippen LogP contribution in [0.2, 0.25) is 0 Å². The molecule has 0 aliphatic heterocycles. The Bertz CT molecular complexity index is 1630. The van der Waals surface area contributed by atoms with Crippen LogP contribution in [0.15, 0.2) is 97.1 Å². The Morgan fingerprint density at radius 2 is 1.27 bits per heavy atom. The maximum absolute atomic E-state index is 13.4. The van der Waals surface area contributed by atoms with Gasteiger partial charge < -0.3 is 19.7 Å². The summed E-state index contributed by atoms with van der Waals surface area (Å²) in [5.41, 5.74) is 6.13. The Labute approximate surface area is 259 Å². The predicted molar refractivity (Wildman–Crippen MR) is 171 cm³/mol. The third-order valence-corrected chi connectivity index (χ3v) is 6.89. The Morgan fingerprint density at radius 3 is 1.80 bits per heavy atom. The molecule has 0 saturated carbocycles. The van der Waals surface area contributed by atoms with E-state index in [0.717, 1.165) is 28.7 Å². The van der Waals surface area contributed by atoms with E-state index in [2.05, 4.69) is 59.2 Å². The molecule has 0 radical (unpaired) electrons. The van der Waals surface area contributed by atoms with E-state index >= 15 is 0 Å². The van der Waals surface area contributed by atoms with Gasteiger partial charge in [0, 0.05) is 29.9 Å². The number of carbonyl (C=O) groups is 2. The van der Waals surface area contributed by atoms with Gasteiger partial charge in [0.1, 0.15) is 5.75 Å². The summed E-state index contributed by atoms with van der Waals surface area (Å²) >= 11 is 0. The number of hydrogen-bond acceptors (Lipinski definition) is 5. The summed E-state index contributed by atoms with van der Waals surface area (Å²) < 4.78 is 10.0. The standard InChI is InChI=1S/C37H35N3O4/c1-3-4-5-28-6-8-29(9-7-28)10-11-30-12-14-32(15-13-30)25-40(37(42)39-34-20-16-31(24-38)17-21-34)26-33-18-22-35(23-19-33)44-27-36(41)43-2/h6-9,12-23H,3-5,25-27H2,1-2H3,(H,39,42). The van der Waals surface area contributed by atoms with Crippen molar-refractivity contribution >= 4 is 17.7 Å². The van der Waals surface area contributed by atoms with E-state index in [4.69, 9.17) is 10.00 Å². The molecular weight excluding hydrogens is 550 g/mol. The van der Waals surface area contributed by atoms with Crippen molar-refractivity contribution in [3.63, 3.8) is 0 Å². The van der Waals surface area contributed by atoms with Crippen molar-refractivity contribution < 1.29 is 19.1 Å². The molecule has 0 fully saturated rings. The zero-order valence-electron chi connectivity index (χ0n) is 25.0. The number of amides is 2. The maximum Gasteiger partial charge on any atom is 0.343 e. The van der Waals surface area contributed by atoms with Crippen LogP contribution >= 0.6 is 0 Å². The first-order valence-electron chi connectivity index (χ1n) is 14.5. The van der Waals surface area contributed by atoms with Crippen LogP contribution in [-0.4, -0.2) is 30.6 Å². The molecule has 7 heteroatoms. The number of aryl methyl sites for hydroxylation is 1. The molecule has 4 aromatic rings. The lowest BCUT2D eigenvalue weighted by atomic mass is 10.1. The fourth-order valence-corrected chi connectivity index (χ4v) is 4.34. The number of benzene rings is 4. The molecule has 0 saturated heterocycles. The largest absolute Gasteiger partial charge is 0.482 e. The summed E-state index contributed by atoms with van der Waals surface area (Å²) in [4.78, 5) is 26.5. The summed E-state index contributed by atoms with van der Waals surface area (Å²) in [5.74, 6) is 6.52. The lowest BCUT2D eigenvalue weighted by molar-refractivity contribution is -0.142. The molecule has 7 nitrogen and oxygen atoms in total. The number of esters is 1. The topological polar surface area (TPSA) is 91.7 Å². The van der Waals surface area contributed by atoms with Gasteiger partial charge in [-0.3, -0.25) is 0 Å². The fourth-order valence-electron chi connectivity index (χ4n) is 4.34. The minimum Gasteiger partial charge on any atom is -0.482 e. The minimum atomic E-state index is -0.465. The number of urea groups is 1. The van der Waals surface area contributed by atoms with Crippen molar-refractivity contribution in [2.45, 2.75) is 39.3 Å². The van der Waals surface area contributed by atoms with Gasteiger partial charge in [-0.2, -0.15) is 5.26 Å². The van der Waals surface area contributed by atoms with Crippen LogP contribution in [0.1, 0.15) is 53.1 Å². The zero-order valence-corrected chi connectivity index (χ0v) is 25.0. The van der Waals surface area contributed by atoms with Gasteiger partial charge in [0.25, 0.3) is 0 Å². The highest BCUT2D eigenvalue weighted by molar-refractivity contribution is 5.89. The Kier molecular flexibility index (Phi) is 11.6. The average molecular weight is 586 g/mol. The number of unbranched alkanes of at least 4 members (excludes halogenated alkanes) is 1. The molecule has 0 aliphatic carbocycles. The molecular formula is C37H35N3O4. The molecule has 0 heterocycles. The summed E-state index contributed by atoms with van der Waals surface area (Å²) in [6.07, 6.45) is 3.45. The van der Waals surface area contributed by atoms with E-state index < -0.39 is 5.97 Å². The highest BCUT2D eigenvalue weighted by atomic mass is 16.6. The molecule has 0 spiro atoms. The van der Waals surface area contributed by atoms with Crippen molar-refractivity contribution in [2.75, 3.05) is 19.0 Å². The van der Waals surface area contributed by atoms with Crippen LogP contribution in [0.5, 0.6) is 5.75 Å². The molecule has 0 unspecified atom stereocenters. The SMILES string of the molecule is CCCCc1ccc(C#Cc2ccc(CN(Cc3ccc(OCC(=O)OC)cc3)C(=O)Nc3ccc(C#N)cc3)cc2)cc1. The second kappa shape index (κ2) is 16.2. The number of hydrogen-bond donors (Lipinski definition) is 1. The molecule has 44 heavy (non-hydrogen) atoms. The van der Waals surface area contributed by atoms with E-state index in [1.165, 1.54) is 25.5 Å². The lowest BCUT2D eigenvalue weighted by Gasteiger charge is -2.24. The minimum absolute atomic E-state index is 0.180. The number of carbonyl (C=O) groups excluding carboxylic acids is 2. The highest BCUT2D eigenvalue weighted by Crippen LogP contribution is 2.18. The monoisotopic (exact) mass is 585 g/mol. The third-order valence-electron chi connectivity index (χ3n) is 6.89. The van der Waals surface area contributed by atoms with Crippen molar-refractivity contribution in [2.24, 2.45) is 0 Å². The number of ether oxygens (including phenoxy) is 2. The number of nitrogens with one attached hydrogen (secondary N) is 1. The Morgan fingerprint density at radius 1 is 0.750 bits per heavy atom. The summed E-state index contributed by atoms with van der Waals surface area (Å²) in [7, 11) is 1.31. The average Bonchev–Trinajstić information content (AvgIpc) is 3.07. The van der Waals surface area contributed by atoms with Crippen molar-refractivity contribution in [1.29, 1.82) is 5.26 Å². The number of methoxy groups -OCH3 is 1. The third kappa shape index (κ3) is 9.79. The Balaban J connectivity index is 1.45. The van der Waals surface area contributed by atoms with Crippen LogP contribution in [-0.2, 0) is 29.0 Å². The normalized spacial score (nSPS) is 10.1. The van der Waals surface area contributed by atoms with Gasteiger partial charge >= 0.3 is 12.0 Å². The quantitative estimate of drug-likeness (QED) is 0.150. The number of nitrogens with zero attached hydrogens (tertiary/aromatic N) is 2. The number of anilines is 1. The first-order valence-corrected chi connectivity index (χ1v) is 14.5. The van der Waals surface area contributed by atoms with Crippen molar-refractivity contribution in [3.8, 4) is 23.7 Å². The van der Waals surface area contributed by atoms with E-state index in [0.29, 0.717) is 30.1 Å². The molecule has 1 N–H and O–H groups in total. The van der Waals surface area contributed by atoms with Crippen LogP contribution in [0.25, 0.3) is 0 Å². The zero-order chi connectivity index (χ0) is 31.1. The van der Waals surface area contributed by atoms with Gasteiger partial charge in [-0.05, 0) is 90.2 Å². The van der Waals surface area contributed by atoms with Gasteiger partial charge in [0.2, 0.25) is 0 Å². The molecule has 0 bridgehead atoms. The second-order valence-electron chi connectivity index (χ2n) is 10.2. The van der Waals surface area contributed by atoms with E-state index in [-0.39, 0.29) is 12.6 Å². The van der Waals surface area contributed by atoms with Crippen LogP contribution in [0.3, 0.4) is 0 Å². The van der Waals surface area contributed by atoms with Crippen molar-refractivity contribution in [3.05, 3.63) is 130 Å².